The van der Waals surface area contributed by atoms with Crippen molar-refractivity contribution in [2.45, 2.75) is 0 Å². The van der Waals surface area contributed by atoms with Gasteiger partial charge in [0.2, 0.25) is 12.7 Å². The Balaban J connectivity index is 1.28. The molecule has 0 fully saturated rings. The second kappa shape index (κ2) is 9.60. The molecular weight excluding hydrogens is 448 g/mol. The number of anilines is 1. The minimum atomic E-state index is -0.248. The number of hydrogen-bond acceptors (Lipinski definition) is 7. The number of aromatic nitrogens is 3. The molecule has 0 spiro atoms. The Morgan fingerprint density at radius 3 is 2.57 bits per heavy atom. The molecule has 1 amide bonds. The standard InChI is InChI=1S/C26H22N4O5/c1-32-22-11-5-18(14-24(22)33-2)21-15-27-29-30(21)20-8-6-19(7-9-20)28-26(31)12-4-17-3-10-23-25(13-17)35-16-34-23/h3-15H,16H2,1-2H3,(H,28,31)/b12-4-. The van der Waals surface area contributed by atoms with Crippen LogP contribution in [0.15, 0.2) is 72.9 Å². The Morgan fingerprint density at radius 2 is 1.77 bits per heavy atom. The molecule has 3 aromatic carbocycles. The molecule has 0 atom stereocenters. The highest BCUT2D eigenvalue weighted by atomic mass is 16.7. The predicted octanol–water partition coefficient (Wildman–Crippen LogP) is 4.33. The molecule has 35 heavy (non-hydrogen) atoms. The molecule has 0 bridgehead atoms. The molecule has 4 aromatic rings. The number of benzene rings is 3. The van der Waals surface area contributed by atoms with E-state index < -0.39 is 0 Å². The molecule has 1 aliphatic rings. The molecule has 1 N–H and O–H groups in total. The fraction of sp³-hybridized carbons (Fsp3) is 0.115. The van der Waals surface area contributed by atoms with Gasteiger partial charge in [0.1, 0.15) is 0 Å². The third kappa shape index (κ3) is 4.65. The van der Waals surface area contributed by atoms with Gasteiger partial charge < -0.3 is 24.3 Å². The third-order valence-electron chi connectivity index (χ3n) is 5.43. The predicted molar refractivity (Wildman–Crippen MR) is 130 cm³/mol. The van der Waals surface area contributed by atoms with Crippen molar-refractivity contribution in [2.75, 3.05) is 26.3 Å². The van der Waals surface area contributed by atoms with Crippen LogP contribution in [0.25, 0.3) is 23.0 Å². The van der Waals surface area contributed by atoms with E-state index in [9.17, 15) is 4.79 Å². The highest BCUT2D eigenvalue weighted by molar-refractivity contribution is 6.02. The second-order valence-electron chi connectivity index (χ2n) is 7.58. The normalized spacial score (nSPS) is 12.1. The molecule has 176 valence electrons. The zero-order valence-corrected chi connectivity index (χ0v) is 19.1. The van der Waals surface area contributed by atoms with Crippen molar-refractivity contribution in [3.8, 4) is 39.9 Å². The first kappa shape index (κ1) is 22.0. The van der Waals surface area contributed by atoms with Gasteiger partial charge in [0, 0.05) is 17.3 Å². The fourth-order valence-electron chi connectivity index (χ4n) is 3.68. The summed E-state index contributed by atoms with van der Waals surface area (Å²) in [6.07, 6.45) is 4.87. The number of carbonyl (C=O) groups is 1. The van der Waals surface area contributed by atoms with E-state index in [1.165, 1.54) is 6.08 Å². The molecule has 0 unspecified atom stereocenters. The molecule has 9 heteroatoms. The fourth-order valence-corrected chi connectivity index (χ4v) is 3.68. The van der Waals surface area contributed by atoms with Crippen molar-refractivity contribution in [3.63, 3.8) is 0 Å². The maximum Gasteiger partial charge on any atom is 0.248 e. The van der Waals surface area contributed by atoms with Gasteiger partial charge in [0.05, 0.1) is 31.8 Å². The molecule has 2 heterocycles. The van der Waals surface area contributed by atoms with Crippen LogP contribution in [0.1, 0.15) is 5.56 Å². The van der Waals surface area contributed by atoms with Crippen LogP contribution in [0.3, 0.4) is 0 Å². The van der Waals surface area contributed by atoms with Gasteiger partial charge in [0.15, 0.2) is 23.0 Å². The van der Waals surface area contributed by atoms with E-state index in [4.69, 9.17) is 18.9 Å². The van der Waals surface area contributed by atoms with Crippen molar-refractivity contribution >= 4 is 17.7 Å². The first-order valence-electron chi connectivity index (χ1n) is 10.8. The van der Waals surface area contributed by atoms with Crippen LogP contribution < -0.4 is 24.3 Å². The van der Waals surface area contributed by atoms with Gasteiger partial charge in [-0.2, -0.15) is 0 Å². The molecule has 0 saturated heterocycles. The van der Waals surface area contributed by atoms with Crippen molar-refractivity contribution in [1.82, 2.24) is 15.0 Å². The molecule has 1 aromatic heterocycles. The number of nitrogens with one attached hydrogen (secondary N) is 1. The van der Waals surface area contributed by atoms with Gasteiger partial charge in [-0.3, -0.25) is 4.79 Å². The average Bonchev–Trinajstić information content (AvgIpc) is 3.57. The highest BCUT2D eigenvalue weighted by Gasteiger charge is 2.14. The third-order valence-corrected chi connectivity index (χ3v) is 5.43. The number of methoxy groups -OCH3 is 2. The van der Waals surface area contributed by atoms with E-state index in [-0.39, 0.29) is 12.7 Å². The number of ether oxygens (including phenoxy) is 4. The average molecular weight is 470 g/mol. The summed E-state index contributed by atoms with van der Waals surface area (Å²) in [6.45, 7) is 0.212. The topological polar surface area (TPSA) is 96.7 Å². The Kier molecular flexibility index (Phi) is 6.04. The van der Waals surface area contributed by atoms with Gasteiger partial charge in [-0.15, -0.1) is 5.10 Å². The van der Waals surface area contributed by atoms with Crippen LogP contribution in [0.4, 0.5) is 5.69 Å². The smallest absolute Gasteiger partial charge is 0.248 e. The quantitative estimate of drug-likeness (QED) is 0.402. The minimum Gasteiger partial charge on any atom is -0.493 e. The van der Waals surface area contributed by atoms with Crippen molar-refractivity contribution in [3.05, 3.63) is 78.5 Å². The number of carbonyl (C=O) groups excluding carboxylic acids is 1. The summed E-state index contributed by atoms with van der Waals surface area (Å²) < 4.78 is 23.1. The second-order valence-corrected chi connectivity index (χ2v) is 7.58. The first-order chi connectivity index (χ1) is 17.1. The number of fused-ring (bicyclic) bond motifs is 1. The van der Waals surface area contributed by atoms with Crippen molar-refractivity contribution in [1.29, 1.82) is 0 Å². The Labute approximate surface area is 201 Å². The molecule has 1 aliphatic heterocycles. The minimum absolute atomic E-state index is 0.212. The van der Waals surface area contributed by atoms with Crippen LogP contribution in [-0.4, -0.2) is 41.9 Å². The van der Waals surface area contributed by atoms with E-state index in [0.29, 0.717) is 28.7 Å². The number of nitrogens with zero attached hydrogens (tertiary/aromatic N) is 3. The largest absolute Gasteiger partial charge is 0.493 e. The van der Waals surface area contributed by atoms with Crippen LogP contribution in [-0.2, 0) is 4.79 Å². The highest BCUT2D eigenvalue weighted by Crippen LogP contribution is 2.34. The van der Waals surface area contributed by atoms with Gasteiger partial charge >= 0.3 is 0 Å². The van der Waals surface area contributed by atoms with E-state index in [2.05, 4.69) is 15.6 Å². The Morgan fingerprint density at radius 1 is 0.971 bits per heavy atom. The summed E-state index contributed by atoms with van der Waals surface area (Å²) in [5, 5.41) is 11.1. The van der Waals surface area contributed by atoms with E-state index in [1.807, 2.05) is 60.7 Å². The number of amides is 1. The lowest BCUT2D eigenvalue weighted by atomic mass is 10.1. The number of rotatable bonds is 7. The van der Waals surface area contributed by atoms with E-state index >= 15 is 0 Å². The van der Waals surface area contributed by atoms with Crippen LogP contribution in [0, 0.1) is 0 Å². The van der Waals surface area contributed by atoms with Crippen molar-refractivity contribution in [2.24, 2.45) is 0 Å². The summed E-state index contributed by atoms with van der Waals surface area (Å²) in [5.41, 5.74) is 3.95. The lowest BCUT2D eigenvalue weighted by molar-refractivity contribution is -0.111. The lowest BCUT2D eigenvalue weighted by Gasteiger charge is -2.11. The number of hydrogen-bond donors (Lipinski definition) is 1. The molecule has 0 saturated carbocycles. The maximum absolute atomic E-state index is 12.4. The lowest BCUT2D eigenvalue weighted by Crippen LogP contribution is -2.08. The van der Waals surface area contributed by atoms with E-state index in [1.54, 1.807) is 31.2 Å². The monoisotopic (exact) mass is 470 g/mol. The zero-order valence-electron chi connectivity index (χ0n) is 19.1. The van der Waals surface area contributed by atoms with Gasteiger partial charge in [-0.25, -0.2) is 4.68 Å². The van der Waals surface area contributed by atoms with Gasteiger partial charge in [-0.1, -0.05) is 11.3 Å². The maximum atomic E-state index is 12.4. The summed E-state index contributed by atoms with van der Waals surface area (Å²) >= 11 is 0. The summed E-state index contributed by atoms with van der Waals surface area (Å²) in [7, 11) is 3.19. The molecular formula is C26H22N4O5. The first-order valence-corrected chi connectivity index (χ1v) is 10.8. The SMILES string of the molecule is COc1ccc(-c2cnnn2-c2ccc(NC(=O)/C=C\c3ccc4c(c3)OCO4)cc2)cc1OC. The molecule has 5 rings (SSSR count). The van der Waals surface area contributed by atoms with Gasteiger partial charge in [-0.05, 0) is 66.2 Å². The Hall–Kier alpha value is -4.79. The summed E-state index contributed by atoms with van der Waals surface area (Å²) in [4.78, 5) is 12.4. The Bertz CT molecular complexity index is 1400. The molecule has 9 nitrogen and oxygen atoms in total. The van der Waals surface area contributed by atoms with Crippen molar-refractivity contribution < 1.29 is 23.7 Å². The summed E-state index contributed by atoms with van der Waals surface area (Å²) in [6, 6.07) is 18.5. The van der Waals surface area contributed by atoms with Crippen LogP contribution >= 0.6 is 0 Å². The van der Waals surface area contributed by atoms with Gasteiger partial charge in [0.25, 0.3) is 0 Å². The molecule has 0 aliphatic carbocycles. The van der Waals surface area contributed by atoms with Crippen LogP contribution in [0.2, 0.25) is 0 Å². The summed E-state index contributed by atoms with van der Waals surface area (Å²) in [5.74, 6) is 2.38. The van der Waals surface area contributed by atoms with E-state index in [0.717, 1.165) is 22.5 Å². The van der Waals surface area contributed by atoms with Crippen LogP contribution in [0.5, 0.6) is 23.0 Å². The molecule has 0 radical (unpaired) electrons. The zero-order chi connectivity index (χ0) is 24.2.